The minimum Gasteiger partial charge on any atom is -0.356 e. The second-order valence-corrected chi connectivity index (χ2v) is 4.03. The first-order valence-electron chi connectivity index (χ1n) is 5.67. The van der Waals surface area contributed by atoms with Gasteiger partial charge in [-0.15, -0.1) is 0 Å². The van der Waals surface area contributed by atoms with Crippen LogP contribution in [0.2, 0.25) is 0 Å². The molecule has 1 heterocycles. The zero-order valence-electron chi connectivity index (χ0n) is 9.09. The van der Waals surface area contributed by atoms with Gasteiger partial charge in [0.15, 0.2) is 0 Å². The van der Waals surface area contributed by atoms with Crippen LogP contribution in [0.25, 0.3) is 0 Å². The van der Waals surface area contributed by atoms with Crippen LogP contribution < -0.4 is 10.6 Å². The highest BCUT2D eigenvalue weighted by Gasteiger charge is 2.17. The molecule has 4 nitrogen and oxygen atoms in total. The smallest absolute Gasteiger partial charge is 0.220 e. The van der Waals surface area contributed by atoms with Crippen LogP contribution in [0.15, 0.2) is 0 Å². The van der Waals surface area contributed by atoms with Crippen LogP contribution in [0.3, 0.4) is 0 Å². The van der Waals surface area contributed by atoms with Crippen LogP contribution in [-0.4, -0.2) is 25.5 Å². The fraction of sp³-hybridized carbons (Fsp3) is 0.818. The Morgan fingerprint density at radius 1 is 1.53 bits per heavy atom. The van der Waals surface area contributed by atoms with Gasteiger partial charge < -0.3 is 10.6 Å². The highest BCUT2D eigenvalue weighted by atomic mass is 16.1. The Balaban J connectivity index is 1.96. The van der Waals surface area contributed by atoms with Gasteiger partial charge in [-0.2, -0.15) is 5.26 Å². The van der Waals surface area contributed by atoms with Crippen molar-refractivity contribution in [3.8, 4) is 6.07 Å². The maximum Gasteiger partial charge on any atom is 0.220 e. The zero-order chi connectivity index (χ0) is 10.9. The van der Waals surface area contributed by atoms with Crippen LogP contribution in [0.4, 0.5) is 0 Å². The van der Waals surface area contributed by atoms with Crippen molar-refractivity contribution in [3.05, 3.63) is 0 Å². The third-order valence-corrected chi connectivity index (χ3v) is 2.67. The van der Waals surface area contributed by atoms with Crippen LogP contribution in [0, 0.1) is 17.2 Å². The van der Waals surface area contributed by atoms with E-state index in [-0.39, 0.29) is 5.91 Å². The zero-order valence-corrected chi connectivity index (χ0v) is 9.09. The molecule has 0 bridgehead atoms. The molecule has 0 aromatic heterocycles. The molecule has 4 heteroatoms. The van der Waals surface area contributed by atoms with Crippen molar-refractivity contribution in [2.24, 2.45) is 5.92 Å². The summed E-state index contributed by atoms with van der Waals surface area (Å²) in [6.45, 7) is 2.72. The third kappa shape index (κ3) is 5.38. The highest BCUT2D eigenvalue weighted by Crippen LogP contribution is 2.11. The largest absolute Gasteiger partial charge is 0.356 e. The first-order valence-corrected chi connectivity index (χ1v) is 5.67. The molecular formula is C11H19N3O. The van der Waals surface area contributed by atoms with Crippen molar-refractivity contribution >= 4 is 5.91 Å². The Hall–Kier alpha value is -1.08. The summed E-state index contributed by atoms with van der Waals surface area (Å²) in [4.78, 5) is 11.4. The number of carbonyl (C=O) groups is 1. The van der Waals surface area contributed by atoms with E-state index < -0.39 is 0 Å². The van der Waals surface area contributed by atoms with Crippen LogP contribution in [0.5, 0.6) is 0 Å². The molecule has 0 spiro atoms. The molecule has 1 atom stereocenters. The quantitative estimate of drug-likeness (QED) is 0.636. The van der Waals surface area contributed by atoms with E-state index in [4.69, 9.17) is 5.26 Å². The molecule has 1 amide bonds. The predicted molar refractivity (Wildman–Crippen MR) is 58.1 cm³/mol. The van der Waals surface area contributed by atoms with Gasteiger partial charge in [-0.05, 0) is 38.3 Å². The number of hydrogen-bond donors (Lipinski definition) is 2. The molecule has 0 aromatic carbocycles. The number of unbranched alkanes of at least 4 members (excludes halogenated alkanes) is 2. The predicted octanol–water partition coefficient (Wildman–Crippen LogP) is 0.796. The molecule has 0 aliphatic carbocycles. The van der Waals surface area contributed by atoms with Gasteiger partial charge in [0.1, 0.15) is 0 Å². The molecule has 15 heavy (non-hydrogen) atoms. The second-order valence-electron chi connectivity index (χ2n) is 4.03. The minimum absolute atomic E-state index is 0.153. The van der Waals surface area contributed by atoms with Gasteiger partial charge in [-0.1, -0.05) is 0 Å². The van der Waals surface area contributed by atoms with E-state index in [0.29, 0.717) is 25.3 Å². The number of rotatable bonds is 6. The van der Waals surface area contributed by atoms with Gasteiger partial charge in [0.2, 0.25) is 5.91 Å². The Morgan fingerprint density at radius 3 is 3.07 bits per heavy atom. The molecule has 1 unspecified atom stereocenters. The summed E-state index contributed by atoms with van der Waals surface area (Å²) < 4.78 is 0. The minimum atomic E-state index is 0.153. The van der Waals surface area contributed by atoms with Gasteiger partial charge in [0, 0.05) is 19.4 Å². The normalized spacial score (nSPS) is 19.8. The maximum atomic E-state index is 11.4. The van der Waals surface area contributed by atoms with Crippen molar-refractivity contribution in [2.75, 3.05) is 19.6 Å². The monoisotopic (exact) mass is 209 g/mol. The Bertz CT molecular complexity index is 228. The molecule has 0 aromatic rings. The second kappa shape index (κ2) is 7.24. The molecule has 2 N–H and O–H groups in total. The van der Waals surface area contributed by atoms with Crippen molar-refractivity contribution < 1.29 is 4.79 Å². The fourth-order valence-electron chi connectivity index (χ4n) is 1.78. The van der Waals surface area contributed by atoms with E-state index in [1.54, 1.807) is 0 Å². The van der Waals surface area contributed by atoms with Gasteiger partial charge >= 0.3 is 0 Å². The van der Waals surface area contributed by atoms with Gasteiger partial charge in [-0.3, -0.25) is 4.79 Å². The van der Waals surface area contributed by atoms with Gasteiger partial charge in [0.05, 0.1) is 6.07 Å². The van der Waals surface area contributed by atoms with E-state index in [9.17, 15) is 4.79 Å². The lowest BCUT2D eigenvalue weighted by Gasteiger charge is -2.08. The average Bonchev–Trinajstić information content (AvgIpc) is 2.70. The summed E-state index contributed by atoms with van der Waals surface area (Å²) in [6.07, 6.45) is 4.12. The number of nitriles is 1. The number of amides is 1. The van der Waals surface area contributed by atoms with E-state index >= 15 is 0 Å². The first kappa shape index (κ1) is 12.0. The third-order valence-electron chi connectivity index (χ3n) is 2.67. The highest BCUT2D eigenvalue weighted by molar-refractivity contribution is 5.76. The molecular weight excluding hydrogens is 190 g/mol. The van der Waals surface area contributed by atoms with Crippen LogP contribution in [-0.2, 0) is 4.79 Å². The Morgan fingerprint density at radius 2 is 2.40 bits per heavy atom. The van der Waals surface area contributed by atoms with E-state index in [0.717, 1.165) is 32.4 Å². The number of nitrogens with one attached hydrogen (secondary N) is 2. The Labute approximate surface area is 91.0 Å². The van der Waals surface area contributed by atoms with Gasteiger partial charge in [-0.25, -0.2) is 0 Å². The molecule has 1 fully saturated rings. The first-order chi connectivity index (χ1) is 7.33. The number of hydrogen-bond acceptors (Lipinski definition) is 3. The summed E-state index contributed by atoms with van der Waals surface area (Å²) in [5, 5.41) is 14.5. The van der Waals surface area contributed by atoms with Crippen molar-refractivity contribution in [1.29, 1.82) is 5.26 Å². The molecule has 0 saturated carbocycles. The van der Waals surface area contributed by atoms with E-state index in [2.05, 4.69) is 16.7 Å². The van der Waals surface area contributed by atoms with Crippen LogP contribution in [0.1, 0.15) is 32.1 Å². The van der Waals surface area contributed by atoms with Crippen molar-refractivity contribution in [2.45, 2.75) is 32.1 Å². The molecule has 1 rings (SSSR count). The van der Waals surface area contributed by atoms with Gasteiger partial charge in [0.25, 0.3) is 0 Å². The SMILES string of the molecule is N#CCCCCNC(=O)CC1CCNC1. The van der Waals surface area contributed by atoms with E-state index in [1.807, 2.05) is 0 Å². The summed E-state index contributed by atoms with van der Waals surface area (Å²) in [6, 6.07) is 2.09. The summed E-state index contributed by atoms with van der Waals surface area (Å²) in [7, 11) is 0. The summed E-state index contributed by atoms with van der Waals surface area (Å²) in [5.41, 5.74) is 0. The lowest BCUT2D eigenvalue weighted by atomic mass is 10.0. The Kier molecular flexibility index (Phi) is 5.79. The maximum absolute atomic E-state index is 11.4. The lowest BCUT2D eigenvalue weighted by Crippen LogP contribution is -2.27. The van der Waals surface area contributed by atoms with E-state index in [1.165, 1.54) is 0 Å². The molecule has 1 aliphatic heterocycles. The summed E-state index contributed by atoms with van der Waals surface area (Å²) in [5.74, 6) is 0.671. The molecule has 1 saturated heterocycles. The fourth-order valence-corrected chi connectivity index (χ4v) is 1.78. The molecule has 0 radical (unpaired) electrons. The number of carbonyl (C=O) groups excluding carboxylic acids is 1. The standard InChI is InChI=1S/C11H19N3O/c12-5-2-1-3-6-14-11(15)8-10-4-7-13-9-10/h10,13H,1-4,6-9H2,(H,14,15). The molecule has 1 aliphatic rings. The average molecular weight is 209 g/mol. The number of nitrogens with zero attached hydrogens (tertiary/aromatic N) is 1. The lowest BCUT2D eigenvalue weighted by molar-refractivity contribution is -0.121. The van der Waals surface area contributed by atoms with Crippen molar-refractivity contribution in [1.82, 2.24) is 10.6 Å². The topological polar surface area (TPSA) is 64.9 Å². The molecule has 84 valence electrons. The van der Waals surface area contributed by atoms with Crippen LogP contribution >= 0.6 is 0 Å². The van der Waals surface area contributed by atoms with Crippen molar-refractivity contribution in [3.63, 3.8) is 0 Å². The summed E-state index contributed by atoms with van der Waals surface area (Å²) >= 11 is 0.